The second-order valence-corrected chi connectivity index (χ2v) is 5.28. The van der Waals surface area contributed by atoms with E-state index in [0.717, 1.165) is 6.42 Å². The summed E-state index contributed by atoms with van der Waals surface area (Å²) in [7, 11) is 0. The first kappa shape index (κ1) is 12.9. The molecule has 0 radical (unpaired) electrons. The van der Waals surface area contributed by atoms with Crippen LogP contribution in [0.2, 0.25) is 0 Å². The van der Waals surface area contributed by atoms with E-state index in [1.165, 1.54) is 0 Å². The molecule has 0 saturated carbocycles. The van der Waals surface area contributed by atoms with Crippen molar-refractivity contribution in [3.8, 4) is 0 Å². The van der Waals surface area contributed by atoms with Crippen LogP contribution in [0.3, 0.4) is 0 Å². The quantitative estimate of drug-likeness (QED) is 0.707. The van der Waals surface area contributed by atoms with Crippen molar-refractivity contribution in [1.82, 2.24) is 0 Å². The van der Waals surface area contributed by atoms with Gasteiger partial charge in [-0.15, -0.1) is 0 Å². The molecule has 0 bridgehead atoms. The molecule has 0 aliphatic carbocycles. The van der Waals surface area contributed by atoms with Gasteiger partial charge in [0.2, 0.25) is 0 Å². The van der Waals surface area contributed by atoms with E-state index >= 15 is 0 Å². The number of hydrogen-bond acceptors (Lipinski definition) is 2. The van der Waals surface area contributed by atoms with E-state index in [2.05, 4.69) is 27.7 Å². The molecule has 3 N–H and O–H groups in total. The van der Waals surface area contributed by atoms with Gasteiger partial charge in [-0.25, -0.2) is 0 Å². The summed E-state index contributed by atoms with van der Waals surface area (Å²) in [4.78, 5) is 0. The van der Waals surface area contributed by atoms with Crippen LogP contribution in [0.25, 0.3) is 0 Å². The molecule has 13 heavy (non-hydrogen) atoms. The van der Waals surface area contributed by atoms with Crippen molar-refractivity contribution in [2.45, 2.75) is 47.1 Å². The zero-order valence-electron chi connectivity index (χ0n) is 9.67. The van der Waals surface area contributed by atoms with E-state index < -0.39 is 0 Å². The van der Waals surface area contributed by atoms with Gasteiger partial charge in [0.05, 0.1) is 6.10 Å². The number of rotatable bonds is 4. The van der Waals surface area contributed by atoms with Crippen LogP contribution >= 0.6 is 0 Å². The van der Waals surface area contributed by atoms with Gasteiger partial charge in [0, 0.05) is 0 Å². The zero-order chi connectivity index (χ0) is 10.6. The van der Waals surface area contributed by atoms with Crippen molar-refractivity contribution in [3.05, 3.63) is 0 Å². The highest BCUT2D eigenvalue weighted by atomic mass is 16.3. The third kappa shape index (κ3) is 4.63. The van der Waals surface area contributed by atoms with Gasteiger partial charge in [0.15, 0.2) is 0 Å². The minimum Gasteiger partial charge on any atom is -0.393 e. The molecule has 3 atom stereocenters. The second kappa shape index (κ2) is 4.97. The van der Waals surface area contributed by atoms with Gasteiger partial charge in [-0.3, -0.25) is 0 Å². The minimum atomic E-state index is -0.251. The summed E-state index contributed by atoms with van der Waals surface area (Å²) in [6, 6.07) is 0. The van der Waals surface area contributed by atoms with Crippen molar-refractivity contribution in [2.24, 2.45) is 23.0 Å². The van der Waals surface area contributed by atoms with E-state index in [9.17, 15) is 5.11 Å². The van der Waals surface area contributed by atoms with Crippen molar-refractivity contribution >= 4 is 0 Å². The third-order valence-corrected chi connectivity index (χ3v) is 3.10. The van der Waals surface area contributed by atoms with Gasteiger partial charge in [-0.05, 0) is 30.2 Å². The van der Waals surface area contributed by atoms with Crippen LogP contribution in [-0.4, -0.2) is 17.8 Å². The fourth-order valence-corrected chi connectivity index (χ4v) is 1.11. The Morgan fingerprint density at radius 3 is 2.00 bits per heavy atom. The molecular weight excluding hydrogens is 162 g/mol. The Hall–Kier alpha value is -0.0800. The lowest BCUT2D eigenvalue weighted by atomic mass is 9.77. The Morgan fingerprint density at radius 1 is 1.23 bits per heavy atom. The molecule has 0 fully saturated rings. The predicted octanol–water partition coefficient (Wildman–Crippen LogP) is 2.01. The summed E-state index contributed by atoms with van der Waals surface area (Å²) >= 11 is 0. The van der Waals surface area contributed by atoms with E-state index in [1.54, 1.807) is 0 Å². The lowest BCUT2D eigenvalue weighted by Gasteiger charge is -2.30. The number of nitrogens with two attached hydrogens (primary N) is 1. The maximum Gasteiger partial charge on any atom is 0.0580 e. The molecule has 0 saturated heterocycles. The molecular formula is C11H25NO. The van der Waals surface area contributed by atoms with Gasteiger partial charge in [-0.1, -0.05) is 34.6 Å². The maximum atomic E-state index is 9.77. The monoisotopic (exact) mass is 187 g/mol. The minimum absolute atomic E-state index is 0.213. The Kier molecular flexibility index (Phi) is 4.93. The van der Waals surface area contributed by atoms with Gasteiger partial charge >= 0.3 is 0 Å². The van der Waals surface area contributed by atoms with Gasteiger partial charge in [-0.2, -0.15) is 0 Å². The number of aliphatic hydroxyl groups is 1. The molecule has 0 spiro atoms. The molecule has 0 rings (SSSR count). The average molecular weight is 187 g/mol. The Morgan fingerprint density at radius 2 is 1.69 bits per heavy atom. The first-order valence-electron chi connectivity index (χ1n) is 5.17. The van der Waals surface area contributed by atoms with Crippen LogP contribution in [0.5, 0.6) is 0 Å². The van der Waals surface area contributed by atoms with Crippen LogP contribution in [0, 0.1) is 17.3 Å². The molecule has 0 aromatic rings. The first-order valence-corrected chi connectivity index (χ1v) is 5.17. The predicted molar refractivity (Wildman–Crippen MR) is 57.5 cm³/mol. The summed E-state index contributed by atoms with van der Waals surface area (Å²) < 4.78 is 0. The van der Waals surface area contributed by atoms with Crippen molar-refractivity contribution in [1.29, 1.82) is 0 Å². The fourth-order valence-electron chi connectivity index (χ4n) is 1.11. The lowest BCUT2D eigenvalue weighted by Crippen LogP contribution is -2.30. The van der Waals surface area contributed by atoms with Gasteiger partial charge < -0.3 is 10.8 Å². The molecule has 2 nitrogen and oxygen atoms in total. The molecule has 0 amide bonds. The Bertz CT molecular complexity index is 140. The molecule has 0 aliphatic heterocycles. The molecule has 0 aromatic heterocycles. The molecule has 2 heteroatoms. The lowest BCUT2D eigenvalue weighted by molar-refractivity contribution is 0.0711. The Balaban J connectivity index is 3.98. The van der Waals surface area contributed by atoms with Crippen LogP contribution in [0.4, 0.5) is 0 Å². The fraction of sp³-hybridized carbons (Fsp3) is 1.00. The highest BCUT2D eigenvalue weighted by Gasteiger charge is 2.24. The topological polar surface area (TPSA) is 46.2 Å². The summed E-state index contributed by atoms with van der Waals surface area (Å²) in [6.07, 6.45) is 0.598. The average Bonchev–Trinajstić information content (AvgIpc) is 2.01. The molecule has 0 aromatic carbocycles. The summed E-state index contributed by atoms with van der Waals surface area (Å²) in [6.45, 7) is 11.4. The Labute approximate surface area is 82.5 Å². The molecule has 80 valence electrons. The molecule has 3 unspecified atom stereocenters. The summed E-state index contributed by atoms with van der Waals surface area (Å²) in [5.41, 5.74) is 5.77. The van der Waals surface area contributed by atoms with Crippen molar-refractivity contribution in [3.63, 3.8) is 0 Å². The van der Waals surface area contributed by atoms with Gasteiger partial charge in [0.1, 0.15) is 0 Å². The van der Waals surface area contributed by atoms with Crippen molar-refractivity contribution in [2.75, 3.05) is 6.54 Å². The van der Waals surface area contributed by atoms with E-state index in [1.807, 2.05) is 6.92 Å². The second-order valence-electron chi connectivity index (χ2n) is 5.28. The summed E-state index contributed by atoms with van der Waals surface area (Å²) in [5.74, 6) is 0.737. The summed E-state index contributed by atoms with van der Waals surface area (Å²) in [5, 5.41) is 9.77. The van der Waals surface area contributed by atoms with E-state index in [-0.39, 0.29) is 17.4 Å². The smallest absolute Gasteiger partial charge is 0.0580 e. The van der Waals surface area contributed by atoms with Crippen LogP contribution in [0.15, 0.2) is 0 Å². The highest BCUT2D eigenvalue weighted by molar-refractivity contribution is 4.75. The maximum absolute atomic E-state index is 9.77. The van der Waals surface area contributed by atoms with Crippen molar-refractivity contribution < 1.29 is 5.11 Å². The zero-order valence-corrected chi connectivity index (χ0v) is 9.67. The van der Waals surface area contributed by atoms with Crippen LogP contribution < -0.4 is 5.73 Å². The highest BCUT2D eigenvalue weighted by Crippen LogP contribution is 2.30. The molecule has 0 aliphatic rings. The van der Waals surface area contributed by atoms with Crippen LogP contribution in [-0.2, 0) is 0 Å². The SMILES string of the molecule is CC(CN)C(O)CC(C)C(C)(C)C. The molecule has 0 heterocycles. The van der Waals surface area contributed by atoms with E-state index in [4.69, 9.17) is 5.73 Å². The van der Waals surface area contributed by atoms with Gasteiger partial charge in [0.25, 0.3) is 0 Å². The number of aliphatic hydroxyl groups excluding tert-OH is 1. The largest absolute Gasteiger partial charge is 0.393 e. The normalized spacial score (nSPS) is 19.6. The first-order chi connectivity index (χ1) is 5.79. The van der Waals surface area contributed by atoms with Crippen LogP contribution in [0.1, 0.15) is 41.0 Å². The standard InChI is InChI=1S/C11H25NO/c1-8(7-12)10(13)6-9(2)11(3,4)5/h8-10,13H,6-7,12H2,1-5H3. The van der Waals surface area contributed by atoms with E-state index in [0.29, 0.717) is 12.5 Å². The third-order valence-electron chi connectivity index (χ3n) is 3.10. The number of hydrogen-bond donors (Lipinski definition) is 2.